The Hall–Kier alpha value is -1.24. The summed E-state index contributed by atoms with van der Waals surface area (Å²) < 4.78 is 0. The summed E-state index contributed by atoms with van der Waals surface area (Å²) in [5, 5.41) is 12.7. The van der Waals surface area contributed by atoms with E-state index in [1.807, 2.05) is 12.1 Å². The van der Waals surface area contributed by atoms with E-state index in [4.69, 9.17) is 22.6 Å². The van der Waals surface area contributed by atoms with Gasteiger partial charge in [-0.15, -0.1) is 0 Å². The summed E-state index contributed by atoms with van der Waals surface area (Å²) in [5.74, 6) is 0. The summed E-state index contributed by atoms with van der Waals surface area (Å²) >= 11 is 5.99. The summed E-state index contributed by atoms with van der Waals surface area (Å²) in [6.07, 6.45) is 1.88. The molecule has 0 radical (unpaired) electrons. The summed E-state index contributed by atoms with van der Waals surface area (Å²) in [6, 6.07) is 7.40. The highest BCUT2D eigenvalue weighted by Crippen LogP contribution is 2.25. The molecule has 0 aliphatic rings. The molecule has 0 bridgehead atoms. The van der Waals surface area contributed by atoms with Gasteiger partial charge in [0.2, 0.25) is 0 Å². The number of nitrogens with two attached hydrogens (primary N) is 1. The van der Waals surface area contributed by atoms with Gasteiger partial charge in [-0.1, -0.05) is 25.4 Å². The highest BCUT2D eigenvalue weighted by molar-refractivity contribution is 6.32. The Kier molecular flexibility index (Phi) is 4.80. The van der Waals surface area contributed by atoms with Gasteiger partial charge in [0.25, 0.3) is 0 Å². The molecule has 0 aromatic heterocycles. The largest absolute Gasteiger partial charge is 0.378 e. The van der Waals surface area contributed by atoms with Crippen molar-refractivity contribution >= 4 is 17.3 Å². The Labute approximate surface area is 108 Å². The van der Waals surface area contributed by atoms with Gasteiger partial charge in [0.05, 0.1) is 10.6 Å². The van der Waals surface area contributed by atoms with Crippen LogP contribution < -0.4 is 11.1 Å². The lowest BCUT2D eigenvalue weighted by Gasteiger charge is -2.32. The van der Waals surface area contributed by atoms with Crippen molar-refractivity contribution in [2.75, 3.05) is 11.9 Å². The van der Waals surface area contributed by atoms with Gasteiger partial charge in [-0.2, -0.15) is 5.26 Å². The summed E-state index contributed by atoms with van der Waals surface area (Å²) in [4.78, 5) is 0. The van der Waals surface area contributed by atoms with Crippen LogP contribution in [0.25, 0.3) is 0 Å². The molecule has 0 aliphatic carbocycles. The van der Waals surface area contributed by atoms with Gasteiger partial charge >= 0.3 is 0 Å². The fourth-order valence-corrected chi connectivity index (χ4v) is 1.98. The number of rotatable bonds is 5. The van der Waals surface area contributed by atoms with Crippen molar-refractivity contribution in [3.8, 4) is 6.07 Å². The van der Waals surface area contributed by atoms with Crippen LogP contribution in [0, 0.1) is 11.3 Å². The molecule has 17 heavy (non-hydrogen) atoms. The van der Waals surface area contributed by atoms with Crippen molar-refractivity contribution in [3.05, 3.63) is 28.8 Å². The third-order valence-corrected chi connectivity index (χ3v) is 3.56. The fraction of sp³-hybridized carbons (Fsp3) is 0.462. The maximum atomic E-state index is 8.81. The van der Waals surface area contributed by atoms with Crippen LogP contribution in [-0.2, 0) is 0 Å². The first-order valence-corrected chi connectivity index (χ1v) is 6.16. The van der Waals surface area contributed by atoms with Gasteiger partial charge < -0.3 is 11.1 Å². The molecule has 0 saturated carbocycles. The highest BCUT2D eigenvalue weighted by Gasteiger charge is 2.23. The Bertz CT molecular complexity index is 411. The van der Waals surface area contributed by atoms with Crippen molar-refractivity contribution in [2.24, 2.45) is 5.73 Å². The monoisotopic (exact) mass is 251 g/mol. The maximum Gasteiger partial charge on any atom is 0.101 e. The molecule has 1 aromatic rings. The SMILES string of the molecule is CCC(CC)(CN)Nc1ccc(C#N)c(Cl)c1. The van der Waals surface area contributed by atoms with Crippen molar-refractivity contribution in [3.63, 3.8) is 0 Å². The van der Waals surface area contributed by atoms with E-state index in [2.05, 4.69) is 19.2 Å². The lowest BCUT2D eigenvalue weighted by Crippen LogP contribution is -2.44. The predicted molar refractivity (Wildman–Crippen MR) is 72.2 cm³/mol. The Balaban J connectivity index is 2.95. The minimum atomic E-state index is -0.0997. The van der Waals surface area contributed by atoms with Crippen molar-refractivity contribution in [1.29, 1.82) is 5.26 Å². The second-order valence-electron chi connectivity index (χ2n) is 4.12. The normalized spacial score (nSPS) is 11.0. The molecule has 1 aromatic carbocycles. The molecule has 0 heterocycles. The Morgan fingerprint density at radius 1 is 1.41 bits per heavy atom. The van der Waals surface area contributed by atoms with Crippen LogP contribution in [-0.4, -0.2) is 12.1 Å². The molecule has 0 unspecified atom stereocenters. The van der Waals surface area contributed by atoms with E-state index in [0.717, 1.165) is 18.5 Å². The zero-order chi connectivity index (χ0) is 12.9. The predicted octanol–water partition coefficient (Wildman–Crippen LogP) is 3.14. The molecule has 3 N–H and O–H groups in total. The van der Waals surface area contributed by atoms with Crippen LogP contribution in [0.1, 0.15) is 32.3 Å². The van der Waals surface area contributed by atoms with Crippen LogP contribution >= 0.6 is 11.6 Å². The summed E-state index contributed by atoms with van der Waals surface area (Å²) in [5.41, 5.74) is 7.12. The topological polar surface area (TPSA) is 61.8 Å². The van der Waals surface area contributed by atoms with Gasteiger partial charge in [-0.25, -0.2) is 0 Å². The van der Waals surface area contributed by atoms with E-state index in [1.165, 1.54) is 0 Å². The van der Waals surface area contributed by atoms with Gasteiger partial charge in [-0.3, -0.25) is 0 Å². The van der Waals surface area contributed by atoms with Crippen LogP contribution in [0.2, 0.25) is 5.02 Å². The smallest absolute Gasteiger partial charge is 0.101 e. The molecule has 0 aliphatic heterocycles. The van der Waals surface area contributed by atoms with E-state index in [-0.39, 0.29) is 5.54 Å². The van der Waals surface area contributed by atoms with Gasteiger partial charge in [0, 0.05) is 17.8 Å². The number of hydrogen-bond acceptors (Lipinski definition) is 3. The molecule has 4 heteroatoms. The lowest BCUT2D eigenvalue weighted by atomic mass is 9.92. The number of nitrogens with one attached hydrogen (secondary N) is 1. The third-order valence-electron chi connectivity index (χ3n) is 3.24. The molecular formula is C13H18ClN3. The fourth-order valence-electron chi connectivity index (χ4n) is 1.76. The molecule has 0 fully saturated rings. The minimum Gasteiger partial charge on any atom is -0.378 e. The molecule has 3 nitrogen and oxygen atoms in total. The van der Waals surface area contributed by atoms with E-state index in [0.29, 0.717) is 17.1 Å². The number of nitriles is 1. The van der Waals surface area contributed by atoms with Crippen molar-refractivity contribution in [2.45, 2.75) is 32.2 Å². The van der Waals surface area contributed by atoms with Crippen molar-refractivity contribution in [1.82, 2.24) is 0 Å². The minimum absolute atomic E-state index is 0.0997. The standard InChI is InChI=1S/C13H18ClN3/c1-3-13(4-2,9-16)17-11-6-5-10(8-15)12(14)7-11/h5-7,17H,3-4,9,16H2,1-2H3. The molecule has 0 atom stereocenters. The van der Waals surface area contributed by atoms with Gasteiger partial charge in [-0.05, 0) is 31.0 Å². The first-order valence-electron chi connectivity index (χ1n) is 5.78. The third kappa shape index (κ3) is 3.12. The quantitative estimate of drug-likeness (QED) is 0.845. The number of benzene rings is 1. The van der Waals surface area contributed by atoms with Gasteiger partial charge in [0.15, 0.2) is 0 Å². The number of nitrogens with zero attached hydrogens (tertiary/aromatic N) is 1. The number of anilines is 1. The highest BCUT2D eigenvalue weighted by atomic mass is 35.5. The second kappa shape index (κ2) is 5.90. The van der Waals surface area contributed by atoms with Crippen LogP contribution in [0.5, 0.6) is 0 Å². The lowest BCUT2D eigenvalue weighted by molar-refractivity contribution is 0.445. The molecule has 0 amide bonds. The average Bonchev–Trinajstić information content (AvgIpc) is 2.36. The summed E-state index contributed by atoms with van der Waals surface area (Å²) in [7, 11) is 0. The van der Waals surface area contributed by atoms with Crippen molar-refractivity contribution < 1.29 is 0 Å². The molecule has 92 valence electrons. The zero-order valence-corrected chi connectivity index (χ0v) is 11.0. The van der Waals surface area contributed by atoms with Crippen LogP contribution in [0.3, 0.4) is 0 Å². The molecule has 0 spiro atoms. The summed E-state index contributed by atoms with van der Waals surface area (Å²) in [6.45, 7) is 4.78. The average molecular weight is 252 g/mol. The van der Waals surface area contributed by atoms with E-state index in [9.17, 15) is 0 Å². The molecule has 1 rings (SSSR count). The number of hydrogen-bond donors (Lipinski definition) is 2. The molecular weight excluding hydrogens is 234 g/mol. The van der Waals surface area contributed by atoms with E-state index >= 15 is 0 Å². The second-order valence-corrected chi connectivity index (χ2v) is 4.53. The first-order chi connectivity index (χ1) is 8.10. The van der Waals surface area contributed by atoms with Gasteiger partial charge in [0.1, 0.15) is 6.07 Å². The van der Waals surface area contributed by atoms with E-state index < -0.39 is 0 Å². The molecule has 0 saturated heterocycles. The Morgan fingerprint density at radius 2 is 2.06 bits per heavy atom. The van der Waals surface area contributed by atoms with E-state index in [1.54, 1.807) is 12.1 Å². The Morgan fingerprint density at radius 3 is 2.47 bits per heavy atom. The zero-order valence-electron chi connectivity index (χ0n) is 10.3. The maximum absolute atomic E-state index is 8.81. The van der Waals surface area contributed by atoms with Crippen LogP contribution in [0.4, 0.5) is 5.69 Å². The van der Waals surface area contributed by atoms with Crippen LogP contribution in [0.15, 0.2) is 18.2 Å². The first kappa shape index (κ1) is 13.8. The number of halogens is 1.